The minimum Gasteiger partial charge on any atom is -0.450 e. The Labute approximate surface area is 68.7 Å². The van der Waals surface area contributed by atoms with E-state index in [1.54, 1.807) is 0 Å². The van der Waals surface area contributed by atoms with Gasteiger partial charge in [-0.1, -0.05) is 0 Å². The Morgan fingerprint density at radius 3 is 2.08 bits per heavy atom. The van der Waals surface area contributed by atoms with Gasteiger partial charge in [0, 0.05) is 0 Å². The molecule has 0 aromatic heterocycles. The molecule has 0 aliphatic rings. The maximum atomic E-state index is 10.0. The van der Waals surface area contributed by atoms with Crippen LogP contribution < -0.4 is 0 Å². The van der Waals surface area contributed by atoms with Crippen molar-refractivity contribution in [3.63, 3.8) is 0 Å². The monoisotopic (exact) mass is 178 g/mol. The fourth-order valence-corrected chi connectivity index (χ4v) is 0.501. The molecule has 70 valence electrons. The molecule has 0 saturated heterocycles. The van der Waals surface area contributed by atoms with Crippen LogP contribution in [0, 0.1) is 0 Å². The summed E-state index contributed by atoms with van der Waals surface area (Å²) in [5.74, 6) is 0. The van der Waals surface area contributed by atoms with Crippen LogP contribution in [-0.2, 0) is 9.47 Å². The smallest absolute Gasteiger partial charge is 0.450 e. The lowest BCUT2D eigenvalue weighted by molar-refractivity contribution is -0.0413. The van der Waals surface area contributed by atoms with Crippen molar-refractivity contribution in [1.29, 1.82) is 0 Å². The zero-order chi connectivity index (χ0) is 9.78. The van der Waals surface area contributed by atoms with Crippen LogP contribution in [-0.4, -0.2) is 34.7 Å². The summed E-state index contributed by atoms with van der Waals surface area (Å²) < 4.78 is 8.45. The third-order valence-corrected chi connectivity index (χ3v) is 0.907. The molecule has 0 fully saturated rings. The summed E-state index contributed by atoms with van der Waals surface area (Å²) in [7, 11) is 0. The second kappa shape index (κ2) is 3.80. The third kappa shape index (κ3) is 5.33. The SMILES string of the molecule is CC(C)(COC(=O)O)OC(=O)O. The van der Waals surface area contributed by atoms with Crippen molar-refractivity contribution in [2.24, 2.45) is 0 Å². The van der Waals surface area contributed by atoms with Crippen molar-refractivity contribution in [1.82, 2.24) is 0 Å². The Kier molecular flexibility index (Phi) is 3.33. The summed E-state index contributed by atoms with van der Waals surface area (Å²) >= 11 is 0. The van der Waals surface area contributed by atoms with E-state index in [0.29, 0.717) is 0 Å². The van der Waals surface area contributed by atoms with Crippen LogP contribution >= 0.6 is 0 Å². The Morgan fingerprint density at radius 2 is 1.75 bits per heavy atom. The van der Waals surface area contributed by atoms with Gasteiger partial charge in [0.2, 0.25) is 0 Å². The van der Waals surface area contributed by atoms with Crippen molar-refractivity contribution in [2.75, 3.05) is 6.61 Å². The summed E-state index contributed by atoms with van der Waals surface area (Å²) in [5.41, 5.74) is -1.15. The first-order chi connectivity index (χ1) is 5.33. The highest BCUT2D eigenvalue weighted by molar-refractivity contribution is 5.58. The molecular formula is C6H10O6. The number of carboxylic acid groups (broad SMARTS) is 2. The summed E-state index contributed by atoms with van der Waals surface area (Å²) in [4.78, 5) is 19.9. The molecule has 0 unspecified atom stereocenters. The van der Waals surface area contributed by atoms with E-state index in [0.717, 1.165) is 0 Å². The molecule has 2 N–H and O–H groups in total. The van der Waals surface area contributed by atoms with E-state index >= 15 is 0 Å². The molecule has 0 aromatic rings. The van der Waals surface area contributed by atoms with Crippen LogP contribution in [0.2, 0.25) is 0 Å². The van der Waals surface area contributed by atoms with E-state index < -0.39 is 17.9 Å². The molecule has 0 radical (unpaired) electrons. The van der Waals surface area contributed by atoms with E-state index in [2.05, 4.69) is 9.47 Å². The highest BCUT2D eigenvalue weighted by atomic mass is 16.7. The van der Waals surface area contributed by atoms with E-state index in [-0.39, 0.29) is 6.61 Å². The summed E-state index contributed by atoms with van der Waals surface area (Å²) in [5, 5.41) is 16.3. The number of ether oxygens (including phenoxy) is 2. The normalized spacial score (nSPS) is 10.5. The molecule has 0 aromatic carbocycles. The minimum absolute atomic E-state index is 0.325. The largest absolute Gasteiger partial charge is 0.506 e. The molecule has 0 amide bonds. The highest BCUT2D eigenvalue weighted by Gasteiger charge is 2.24. The fourth-order valence-electron chi connectivity index (χ4n) is 0.501. The van der Waals surface area contributed by atoms with Crippen LogP contribution in [0.4, 0.5) is 9.59 Å². The van der Waals surface area contributed by atoms with Crippen molar-refractivity contribution in [3.05, 3.63) is 0 Å². The lowest BCUT2D eigenvalue weighted by Gasteiger charge is -2.21. The molecule has 0 saturated carbocycles. The fraction of sp³-hybridized carbons (Fsp3) is 0.667. The van der Waals surface area contributed by atoms with Gasteiger partial charge in [0.25, 0.3) is 0 Å². The van der Waals surface area contributed by atoms with E-state index in [4.69, 9.17) is 10.2 Å². The maximum absolute atomic E-state index is 10.0. The second-order valence-electron chi connectivity index (χ2n) is 2.68. The van der Waals surface area contributed by atoms with Gasteiger partial charge in [0.15, 0.2) is 0 Å². The lowest BCUT2D eigenvalue weighted by Crippen LogP contribution is -2.33. The third-order valence-electron chi connectivity index (χ3n) is 0.907. The van der Waals surface area contributed by atoms with Crippen molar-refractivity contribution >= 4 is 12.3 Å². The Balaban J connectivity index is 3.86. The Bertz CT molecular complexity index is 184. The molecule has 0 bridgehead atoms. The molecule has 0 spiro atoms. The minimum atomic E-state index is -1.46. The molecule has 0 heterocycles. The number of hydrogen-bond donors (Lipinski definition) is 2. The summed E-state index contributed by atoms with van der Waals surface area (Å²) in [6.45, 7) is 2.49. The van der Waals surface area contributed by atoms with E-state index in [1.165, 1.54) is 13.8 Å². The van der Waals surface area contributed by atoms with Gasteiger partial charge in [-0.15, -0.1) is 0 Å². The molecule has 0 rings (SSSR count). The average Bonchev–Trinajstić information content (AvgIpc) is 1.81. The predicted molar refractivity (Wildman–Crippen MR) is 37.2 cm³/mol. The molecular weight excluding hydrogens is 168 g/mol. The molecule has 0 atom stereocenters. The van der Waals surface area contributed by atoms with Crippen molar-refractivity contribution in [3.8, 4) is 0 Å². The standard InChI is InChI=1S/C6H10O6/c1-6(2,12-5(9)10)3-11-4(7)8/h3H2,1-2H3,(H,7,8)(H,9,10). The first-order valence-electron chi connectivity index (χ1n) is 3.11. The number of rotatable bonds is 3. The zero-order valence-electron chi connectivity index (χ0n) is 6.73. The average molecular weight is 178 g/mol. The van der Waals surface area contributed by atoms with Crippen molar-refractivity contribution < 1.29 is 29.3 Å². The van der Waals surface area contributed by atoms with E-state index in [9.17, 15) is 9.59 Å². The van der Waals surface area contributed by atoms with Crippen LogP contribution in [0.5, 0.6) is 0 Å². The van der Waals surface area contributed by atoms with Crippen molar-refractivity contribution in [2.45, 2.75) is 19.4 Å². The first-order valence-corrected chi connectivity index (χ1v) is 3.11. The second-order valence-corrected chi connectivity index (χ2v) is 2.68. The predicted octanol–water partition coefficient (Wildman–Crippen LogP) is 1.15. The molecule has 6 nitrogen and oxygen atoms in total. The maximum Gasteiger partial charge on any atom is 0.506 e. The molecule has 6 heteroatoms. The Hall–Kier alpha value is -1.46. The highest BCUT2D eigenvalue weighted by Crippen LogP contribution is 2.09. The van der Waals surface area contributed by atoms with Crippen LogP contribution in [0.3, 0.4) is 0 Å². The van der Waals surface area contributed by atoms with Gasteiger partial charge >= 0.3 is 12.3 Å². The van der Waals surface area contributed by atoms with Crippen LogP contribution in [0.15, 0.2) is 0 Å². The van der Waals surface area contributed by atoms with Gasteiger partial charge < -0.3 is 19.7 Å². The quantitative estimate of drug-likeness (QED) is 0.629. The van der Waals surface area contributed by atoms with E-state index in [1.807, 2.05) is 0 Å². The van der Waals surface area contributed by atoms with Gasteiger partial charge in [-0.05, 0) is 13.8 Å². The topological polar surface area (TPSA) is 93.1 Å². The van der Waals surface area contributed by atoms with Crippen LogP contribution in [0.25, 0.3) is 0 Å². The summed E-state index contributed by atoms with van der Waals surface area (Å²) in [6, 6.07) is 0. The Morgan fingerprint density at radius 1 is 1.25 bits per heavy atom. The van der Waals surface area contributed by atoms with Gasteiger partial charge in [-0.3, -0.25) is 0 Å². The molecule has 0 aliphatic heterocycles. The molecule has 12 heavy (non-hydrogen) atoms. The van der Waals surface area contributed by atoms with Gasteiger partial charge in [-0.25, -0.2) is 9.59 Å². The van der Waals surface area contributed by atoms with Gasteiger partial charge in [0.1, 0.15) is 12.2 Å². The first kappa shape index (κ1) is 10.5. The number of carbonyl (C=O) groups is 2. The number of hydrogen-bond acceptors (Lipinski definition) is 4. The van der Waals surface area contributed by atoms with Gasteiger partial charge in [-0.2, -0.15) is 0 Å². The summed E-state index contributed by atoms with van der Waals surface area (Å²) in [6.07, 6.45) is -2.92. The lowest BCUT2D eigenvalue weighted by atomic mass is 10.1. The zero-order valence-corrected chi connectivity index (χ0v) is 6.73. The van der Waals surface area contributed by atoms with Crippen LogP contribution in [0.1, 0.15) is 13.8 Å². The van der Waals surface area contributed by atoms with Gasteiger partial charge in [0.05, 0.1) is 0 Å². The molecule has 0 aliphatic carbocycles.